The molecule has 0 aliphatic carbocycles. The first-order chi connectivity index (χ1) is 43.2. The number of hydrogen-bond donors (Lipinski definition) is 1. The number of carbonyl (C=O) groups excluding carboxylic acids is 1. The fraction of sp³-hybridized carbons (Fsp3) is 0.206. The number of alkyl halides is 10. The second-order valence-corrected chi connectivity index (χ2v) is 21.1. The van der Waals surface area contributed by atoms with Crippen LogP contribution in [0.3, 0.4) is 0 Å². The maximum Gasteiger partial charge on any atom is 1.00 e. The number of phenolic OH excluding ortho intramolecular Hbond substituents is 1. The van der Waals surface area contributed by atoms with E-state index < -0.39 is 50.6 Å². The number of carbonyl (C=O) groups is 1. The predicted molar refractivity (Wildman–Crippen MR) is 334 cm³/mol. The van der Waals surface area contributed by atoms with Gasteiger partial charge in [-0.1, -0.05) is 188 Å². The normalized spacial score (nSPS) is 10.5. The van der Waals surface area contributed by atoms with Crippen molar-refractivity contribution in [3.05, 3.63) is 216 Å². The van der Waals surface area contributed by atoms with E-state index in [-0.39, 0.29) is 198 Å². The standard InChI is InChI=1S/C19H15F3N2O3S.C19H15F3N2OS.C12H9F3N2OS.C7H7Br.C2H3N.C2H6.CH2O3.CH4.2Cs.H/c1-28(25,26)18-23-16(11-17(24-18)19(20,21)22)14-8-5-9-15(10-14)27-12-13-6-3-2-4-7-13;1-26-18-23-16(11-17(24-18)19(20,21)22)14-8-5-9-15(10-14)25-12-13-6-3-2-4-7-13;1-19-11-16-9(6-10(17-11)12(13,14)15)7-3-2-4-8(18)5-7;8-6-7-4-2-1-3-5-7;1-2-3;1-2;2-1-4-3;;;;/h2-11H,12H2,1H3;2-11H,12H2,1H3;2-6,18H,1H3;1-5H,6H2;1H3;1-2H3;1,3H;1H4;;;/q;;;;;;;;2*+1;-1/p-1/i;;;;;1D;;;;;. The summed E-state index contributed by atoms with van der Waals surface area (Å²) in [6.07, 6.45) is -9.87. The topological polar surface area (TPSA) is 223 Å². The monoisotopic (exact) mass is 1660 g/mol. The van der Waals surface area contributed by atoms with Crippen molar-refractivity contribution in [3.63, 3.8) is 0 Å². The number of nitriles is 1. The summed E-state index contributed by atoms with van der Waals surface area (Å²) in [7, 11) is -4.03. The van der Waals surface area contributed by atoms with Crippen LogP contribution in [0.2, 0.25) is 0 Å². The van der Waals surface area contributed by atoms with Crippen LogP contribution >= 0.6 is 39.5 Å². The van der Waals surface area contributed by atoms with E-state index >= 15 is 0 Å². The van der Waals surface area contributed by atoms with Gasteiger partial charge < -0.3 is 26.2 Å². The number of nitrogens with zero attached hydrogens (tertiary/aromatic N) is 7. The molecular formula is C63H61BrCs2F9N7O8S3. The van der Waals surface area contributed by atoms with Gasteiger partial charge in [0, 0.05) is 36.6 Å². The Hall–Kier alpha value is -4.52. The van der Waals surface area contributed by atoms with Crippen LogP contribution in [-0.2, 0) is 56.6 Å². The van der Waals surface area contributed by atoms with Gasteiger partial charge in [0.2, 0.25) is 15.0 Å². The van der Waals surface area contributed by atoms with Gasteiger partial charge in [0.15, 0.2) is 10.3 Å². The average Bonchev–Trinajstić information content (AvgIpc) is 0.858. The average molecular weight is 1660 g/mol. The molecule has 93 heavy (non-hydrogen) atoms. The smallest absolute Gasteiger partial charge is 1.00 e. The molecule has 3 aromatic heterocycles. The van der Waals surface area contributed by atoms with Crippen molar-refractivity contribution in [2.75, 3.05) is 18.8 Å². The molecule has 0 aliphatic heterocycles. The van der Waals surface area contributed by atoms with E-state index in [4.69, 9.17) is 26.2 Å². The van der Waals surface area contributed by atoms with Gasteiger partial charge in [0.25, 0.3) is 6.47 Å². The number of ether oxygens (including phenoxy) is 2. The molecule has 6 aromatic carbocycles. The third kappa shape index (κ3) is 33.3. The number of phenols is 1. The van der Waals surface area contributed by atoms with Gasteiger partial charge in [-0.15, -0.1) is 0 Å². The summed E-state index contributed by atoms with van der Waals surface area (Å²) in [5, 5.41) is 25.3. The van der Waals surface area contributed by atoms with Gasteiger partial charge in [-0.2, -0.15) is 44.8 Å². The largest absolute Gasteiger partial charge is 1.00 e. The molecule has 15 nitrogen and oxygen atoms in total. The van der Waals surface area contributed by atoms with E-state index in [1.807, 2.05) is 78.9 Å². The number of benzene rings is 6. The fourth-order valence-corrected chi connectivity index (χ4v) is 8.37. The van der Waals surface area contributed by atoms with Crippen molar-refractivity contribution in [2.45, 2.75) is 80.7 Å². The summed E-state index contributed by atoms with van der Waals surface area (Å²) in [4.78, 5) is 33.4. The first-order valence-electron chi connectivity index (χ1n) is 26.3. The summed E-state index contributed by atoms with van der Waals surface area (Å²) < 4.78 is 158. The molecule has 0 atom stereocenters. The number of halogens is 10. The number of sulfone groups is 1. The number of aromatic hydroxyl groups is 1. The molecule has 0 radical (unpaired) electrons. The zero-order valence-electron chi connectivity index (χ0n) is 52.2. The maximum atomic E-state index is 13.1. The minimum Gasteiger partial charge on any atom is -1.00 e. The maximum absolute atomic E-state index is 13.1. The Labute approximate surface area is 671 Å². The quantitative estimate of drug-likeness (QED) is 0.0203. The minimum atomic E-state index is -4.81. The van der Waals surface area contributed by atoms with E-state index in [0.717, 1.165) is 58.4 Å². The van der Waals surface area contributed by atoms with E-state index in [1.165, 1.54) is 36.8 Å². The Balaban J connectivity index is 0. The molecule has 0 amide bonds. The number of thioether (sulfide) groups is 2. The fourth-order valence-electron chi connectivity index (χ4n) is 6.71. The Kier molecular flexibility index (Phi) is 42.6. The van der Waals surface area contributed by atoms with Crippen molar-refractivity contribution in [3.8, 4) is 57.1 Å². The predicted octanol–water partition coefficient (Wildman–Crippen LogP) is 10.5. The summed E-state index contributed by atoms with van der Waals surface area (Å²) in [6.45, 7) is 4.19. The third-order valence-corrected chi connectivity index (χ3v) is 13.2. The summed E-state index contributed by atoms with van der Waals surface area (Å²) >= 11 is 5.45. The van der Waals surface area contributed by atoms with Gasteiger partial charge in [0.05, 0.1) is 23.2 Å². The SMILES string of the molecule is BrCc1ccccc1.C.CC#N.CS(=O)(=O)c1nc(-c2cccc(OCc3ccccc3)c2)cc(C(F)(F)F)n1.CSc1nc(-c2cccc(O)c2)cc(C(F)(F)F)n1.CSc1nc(-c2cccc(OCc3ccccc3)c2)cc(C(F)(F)F)n1.O=CO[O-].[2H]CC.[Cs+].[Cs+].[H-]. The summed E-state index contributed by atoms with van der Waals surface area (Å²) in [5.41, 5.74) is 1.38. The van der Waals surface area contributed by atoms with E-state index in [1.54, 1.807) is 74.0 Å². The molecule has 0 saturated carbocycles. The molecule has 0 fully saturated rings. The van der Waals surface area contributed by atoms with Crippen LogP contribution in [0.15, 0.2) is 197 Å². The Bertz CT molecular complexity index is 3830. The zero-order valence-corrected chi connectivity index (χ0v) is 66.8. The molecule has 3 heterocycles. The first kappa shape index (κ1) is 86.5. The van der Waals surface area contributed by atoms with Crippen LogP contribution in [0.1, 0.15) is 64.7 Å². The molecule has 1 N–H and O–H groups in total. The Morgan fingerprint density at radius 2 is 0.914 bits per heavy atom. The van der Waals surface area contributed by atoms with E-state index in [0.29, 0.717) is 42.2 Å². The van der Waals surface area contributed by atoms with Crippen molar-refractivity contribution in [1.82, 2.24) is 29.9 Å². The van der Waals surface area contributed by atoms with Crippen molar-refractivity contribution in [2.24, 2.45) is 0 Å². The molecule has 0 bridgehead atoms. The third-order valence-electron chi connectivity index (χ3n) is 10.6. The van der Waals surface area contributed by atoms with Crippen LogP contribution in [0, 0.1) is 11.3 Å². The first-order valence-corrected chi connectivity index (χ1v) is 31.1. The molecule has 0 unspecified atom stereocenters. The molecule has 486 valence electrons. The number of rotatable bonds is 14. The van der Waals surface area contributed by atoms with Crippen molar-refractivity contribution in [1.29, 1.82) is 5.26 Å². The molecule has 30 heteroatoms. The van der Waals surface area contributed by atoms with Crippen LogP contribution in [0.5, 0.6) is 17.2 Å². The number of hydrogen-bond acceptors (Lipinski definition) is 17. The molecule has 9 aromatic rings. The van der Waals surface area contributed by atoms with Crippen LogP contribution in [0.4, 0.5) is 39.5 Å². The Morgan fingerprint density at radius 3 is 1.22 bits per heavy atom. The van der Waals surface area contributed by atoms with Crippen molar-refractivity contribution < 1.29 is 218 Å². The second-order valence-electron chi connectivity index (χ2n) is 17.1. The zero-order chi connectivity index (χ0) is 67.6. The van der Waals surface area contributed by atoms with Gasteiger partial charge in [-0.05, 0) is 83.8 Å². The Morgan fingerprint density at radius 1 is 0.591 bits per heavy atom. The van der Waals surface area contributed by atoms with E-state index in [9.17, 15) is 53.0 Å². The second kappa shape index (κ2) is 45.8. The number of aromatic nitrogens is 6. The minimum absolute atomic E-state index is 0. The van der Waals surface area contributed by atoms with Crippen molar-refractivity contribution >= 4 is 55.8 Å². The van der Waals surface area contributed by atoms with E-state index in [2.05, 4.69) is 62.9 Å². The van der Waals surface area contributed by atoms with Crippen LogP contribution in [0.25, 0.3) is 33.8 Å². The van der Waals surface area contributed by atoms with Gasteiger partial charge in [-0.3, -0.25) is 4.79 Å². The molecule has 0 spiro atoms. The molecular weight excluding hydrogens is 1600 g/mol. The van der Waals surface area contributed by atoms with Gasteiger partial charge in [0.1, 0.15) is 47.5 Å². The molecule has 0 aliphatic rings. The van der Waals surface area contributed by atoms with Gasteiger partial charge >= 0.3 is 156 Å². The van der Waals surface area contributed by atoms with Gasteiger partial charge in [-0.25, -0.2) is 38.3 Å². The van der Waals surface area contributed by atoms with Crippen LogP contribution in [-0.4, -0.2) is 68.7 Å². The molecule has 9 rings (SSSR count). The molecule has 0 saturated heterocycles. The van der Waals surface area contributed by atoms with Crippen LogP contribution < -0.4 is 153 Å². The summed E-state index contributed by atoms with van der Waals surface area (Å²) in [5.74, 6) is 0.939. The summed E-state index contributed by atoms with van der Waals surface area (Å²) in [6, 6.07) is 52.6.